The topological polar surface area (TPSA) is 58.6 Å². The fraction of sp³-hybridized carbons (Fsp3) is 0.533. The van der Waals surface area contributed by atoms with Crippen LogP contribution in [0, 0.1) is 11.7 Å². The van der Waals surface area contributed by atoms with E-state index in [9.17, 15) is 14.3 Å². The van der Waals surface area contributed by atoms with E-state index in [0.717, 1.165) is 12.8 Å². The number of halogens is 2. The maximum absolute atomic E-state index is 13.1. The Kier molecular flexibility index (Phi) is 6.14. The first-order chi connectivity index (χ1) is 10.1. The minimum Gasteiger partial charge on any atom is -0.396 e. The summed E-state index contributed by atoms with van der Waals surface area (Å²) in [4.78, 5) is 12.3. The van der Waals surface area contributed by atoms with Gasteiger partial charge in [0.1, 0.15) is 5.82 Å². The fourth-order valence-electron chi connectivity index (χ4n) is 2.60. The van der Waals surface area contributed by atoms with Crippen LogP contribution in [0.25, 0.3) is 0 Å². The summed E-state index contributed by atoms with van der Waals surface area (Å²) in [5, 5.41) is 12.2. The first-order valence-electron chi connectivity index (χ1n) is 7.06. The molecule has 2 N–H and O–H groups in total. The van der Waals surface area contributed by atoms with Gasteiger partial charge in [0.2, 0.25) is 0 Å². The molecule has 4 nitrogen and oxygen atoms in total. The number of carbonyl (C=O) groups is 1. The molecule has 6 heteroatoms. The average molecular weight is 360 g/mol. The Hall–Kier alpha value is -0.980. The number of rotatable bonds is 5. The van der Waals surface area contributed by atoms with E-state index >= 15 is 0 Å². The average Bonchev–Trinajstić information content (AvgIpc) is 2.47. The van der Waals surface area contributed by atoms with Gasteiger partial charge in [0.05, 0.1) is 5.56 Å². The Morgan fingerprint density at radius 2 is 2.19 bits per heavy atom. The highest BCUT2D eigenvalue weighted by Crippen LogP contribution is 2.23. The van der Waals surface area contributed by atoms with Crippen LogP contribution in [-0.2, 0) is 4.74 Å². The molecule has 1 aliphatic heterocycles. The van der Waals surface area contributed by atoms with Gasteiger partial charge in [0.15, 0.2) is 0 Å². The summed E-state index contributed by atoms with van der Waals surface area (Å²) in [6.45, 7) is 1.39. The van der Waals surface area contributed by atoms with Gasteiger partial charge >= 0.3 is 0 Å². The zero-order valence-corrected chi connectivity index (χ0v) is 13.2. The van der Waals surface area contributed by atoms with Gasteiger partial charge in [0.25, 0.3) is 5.91 Å². The number of aliphatic hydroxyl groups is 1. The molecule has 1 unspecified atom stereocenters. The lowest BCUT2D eigenvalue weighted by Gasteiger charge is -2.30. The normalized spacial score (nSPS) is 17.5. The maximum atomic E-state index is 13.1. The fourth-order valence-corrected chi connectivity index (χ4v) is 3.13. The second-order valence-electron chi connectivity index (χ2n) is 5.17. The predicted molar refractivity (Wildman–Crippen MR) is 80.6 cm³/mol. The van der Waals surface area contributed by atoms with Crippen LogP contribution in [-0.4, -0.2) is 36.9 Å². The Bertz CT molecular complexity index is 492. The van der Waals surface area contributed by atoms with E-state index in [1.165, 1.54) is 18.2 Å². The van der Waals surface area contributed by atoms with Crippen molar-refractivity contribution in [2.75, 3.05) is 19.8 Å². The summed E-state index contributed by atoms with van der Waals surface area (Å²) in [5.41, 5.74) is 0.395. The molecular formula is C15H19BrFNO3. The summed E-state index contributed by atoms with van der Waals surface area (Å²) < 4.78 is 18.8. The monoisotopic (exact) mass is 359 g/mol. The molecule has 1 aromatic rings. The Morgan fingerprint density at radius 1 is 1.48 bits per heavy atom. The number of nitrogens with one attached hydrogen (secondary N) is 1. The van der Waals surface area contributed by atoms with Crippen molar-refractivity contribution in [1.29, 1.82) is 0 Å². The van der Waals surface area contributed by atoms with Crippen LogP contribution in [0.2, 0.25) is 0 Å². The molecule has 1 heterocycles. The molecule has 1 atom stereocenters. The van der Waals surface area contributed by atoms with Crippen molar-refractivity contribution in [2.24, 2.45) is 5.92 Å². The molecule has 1 amide bonds. The molecule has 0 aromatic heterocycles. The standard InChI is InChI=1S/C15H19BrFNO3/c16-13-9-11(17)1-2-12(13)15(20)18-14(3-6-19)10-4-7-21-8-5-10/h1-2,9-10,14,19H,3-8H2,(H,18,20). The summed E-state index contributed by atoms with van der Waals surface area (Å²) >= 11 is 3.20. The van der Waals surface area contributed by atoms with Gasteiger partial charge < -0.3 is 15.2 Å². The van der Waals surface area contributed by atoms with Gasteiger partial charge in [-0.25, -0.2) is 4.39 Å². The predicted octanol–water partition coefficient (Wildman–Crippen LogP) is 2.50. The van der Waals surface area contributed by atoms with Crippen molar-refractivity contribution in [3.05, 3.63) is 34.1 Å². The van der Waals surface area contributed by atoms with E-state index in [0.29, 0.717) is 35.6 Å². The molecule has 0 aliphatic carbocycles. The Labute approximate surface area is 131 Å². The number of hydrogen-bond donors (Lipinski definition) is 2. The summed E-state index contributed by atoms with van der Waals surface area (Å²) in [6, 6.07) is 3.89. The number of amides is 1. The molecule has 2 rings (SSSR count). The zero-order valence-electron chi connectivity index (χ0n) is 11.6. The van der Waals surface area contributed by atoms with Crippen molar-refractivity contribution in [2.45, 2.75) is 25.3 Å². The number of ether oxygens (including phenoxy) is 1. The second-order valence-corrected chi connectivity index (χ2v) is 6.02. The number of carbonyl (C=O) groups excluding carboxylic acids is 1. The van der Waals surface area contributed by atoms with E-state index in [-0.39, 0.29) is 18.6 Å². The minimum atomic E-state index is -0.394. The van der Waals surface area contributed by atoms with Crippen molar-refractivity contribution in [1.82, 2.24) is 5.32 Å². The highest BCUT2D eigenvalue weighted by Gasteiger charge is 2.26. The molecule has 116 valence electrons. The third kappa shape index (κ3) is 4.49. The van der Waals surface area contributed by atoms with Crippen molar-refractivity contribution >= 4 is 21.8 Å². The first kappa shape index (κ1) is 16.4. The molecule has 0 bridgehead atoms. The van der Waals surface area contributed by atoms with Crippen LogP contribution in [0.1, 0.15) is 29.6 Å². The summed E-state index contributed by atoms with van der Waals surface area (Å²) in [5.74, 6) is -0.351. The van der Waals surface area contributed by atoms with Gasteiger partial charge in [-0.2, -0.15) is 0 Å². The van der Waals surface area contributed by atoms with Gasteiger partial charge in [-0.3, -0.25) is 4.79 Å². The maximum Gasteiger partial charge on any atom is 0.252 e. The lowest BCUT2D eigenvalue weighted by atomic mass is 9.89. The summed E-state index contributed by atoms with van der Waals surface area (Å²) in [6.07, 6.45) is 2.25. The molecule has 0 saturated carbocycles. The van der Waals surface area contributed by atoms with E-state index < -0.39 is 5.82 Å². The minimum absolute atomic E-state index is 0.0207. The van der Waals surface area contributed by atoms with Crippen LogP contribution in [0.3, 0.4) is 0 Å². The zero-order chi connectivity index (χ0) is 15.2. The third-order valence-corrected chi connectivity index (χ3v) is 4.42. The van der Waals surface area contributed by atoms with E-state index in [2.05, 4.69) is 21.2 Å². The van der Waals surface area contributed by atoms with Gasteiger partial charge in [-0.15, -0.1) is 0 Å². The molecule has 21 heavy (non-hydrogen) atoms. The number of hydrogen-bond acceptors (Lipinski definition) is 3. The second kappa shape index (κ2) is 7.87. The van der Waals surface area contributed by atoms with Crippen LogP contribution < -0.4 is 5.32 Å². The van der Waals surface area contributed by atoms with E-state index in [1.807, 2.05) is 0 Å². The van der Waals surface area contributed by atoms with Crippen molar-refractivity contribution in [3.8, 4) is 0 Å². The highest BCUT2D eigenvalue weighted by molar-refractivity contribution is 9.10. The van der Waals surface area contributed by atoms with Crippen molar-refractivity contribution in [3.63, 3.8) is 0 Å². The third-order valence-electron chi connectivity index (χ3n) is 3.77. The molecule has 0 radical (unpaired) electrons. The first-order valence-corrected chi connectivity index (χ1v) is 7.85. The molecule has 1 fully saturated rings. The lowest BCUT2D eigenvalue weighted by molar-refractivity contribution is 0.0478. The van der Waals surface area contributed by atoms with Gasteiger partial charge in [-0.05, 0) is 59.3 Å². The largest absolute Gasteiger partial charge is 0.396 e. The Balaban J connectivity index is 2.06. The molecular weight excluding hydrogens is 341 g/mol. The van der Waals surface area contributed by atoms with Crippen LogP contribution in [0.5, 0.6) is 0 Å². The van der Waals surface area contributed by atoms with Gasteiger partial charge in [-0.1, -0.05) is 0 Å². The molecule has 0 spiro atoms. The SMILES string of the molecule is O=C(NC(CCO)C1CCOCC1)c1ccc(F)cc1Br. The lowest BCUT2D eigenvalue weighted by Crippen LogP contribution is -2.43. The smallest absolute Gasteiger partial charge is 0.252 e. The number of benzene rings is 1. The number of aliphatic hydroxyl groups excluding tert-OH is 1. The Morgan fingerprint density at radius 3 is 2.81 bits per heavy atom. The van der Waals surface area contributed by atoms with Crippen LogP contribution >= 0.6 is 15.9 Å². The molecule has 1 aromatic carbocycles. The van der Waals surface area contributed by atoms with Crippen LogP contribution in [0.4, 0.5) is 4.39 Å². The molecule has 1 aliphatic rings. The summed E-state index contributed by atoms with van der Waals surface area (Å²) in [7, 11) is 0. The molecule has 1 saturated heterocycles. The highest BCUT2D eigenvalue weighted by atomic mass is 79.9. The quantitative estimate of drug-likeness (QED) is 0.848. The van der Waals surface area contributed by atoms with E-state index in [1.54, 1.807) is 0 Å². The van der Waals surface area contributed by atoms with E-state index in [4.69, 9.17) is 4.74 Å². The van der Waals surface area contributed by atoms with Crippen LogP contribution in [0.15, 0.2) is 22.7 Å². The van der Waals surface area contributed by atoms with Gasteiger partial charge in [0, 0.05) is 30.3 Å². The van der Waals surface area contributed by atoms with Crippen molar-refractivity contribution < 1.29 is 19.0 Å².